The van der Waals surface area contributed by atoms with Crippen LogP contribution < -0.4 is 4.72 Å². The first-order chi connectivity index (χ1) is 7.47. The molecule has 86 valence electrons. The summed E-state index contributed by atoms with van der Waals surface area (Å²) in [6.07, 6.45) is 0. The zero-order valence-corrected chi connectivity index (χ0v) is 10.1. The van der Waals surface area contributed by atoms with Crippen LogP contribution >= 0.6 is 0 Å². The van der Waals surface area contributed by atoms with Gasteiger partial charge in [-0.25, -0.2) is 8.42 Å². The van der Waals surface area contributed by atoms with Gasteiger partial charge in [0.05, 0.1) is 17.5 Å². The van der Waals surface area contributed by atoms with E-state index >= 15 is 0 Å². The summed E-state index contributed by atoms with van der Waals surface area (Å²) in [5.74, 6) is 0.365. The summed E-state index contributed by atoms with van der Waals surface area (Å²) in [4.78, 5) is 0.187. The number of hydrogen-bond acceptors (Lipinski definition) is 3. The Hall–Kier alpha value is -1.38. The van der Waals surface area contributed by atoms with E-state index in [1.54, 1.807) is 30.3 Å². The van der Waals surface area contributed by atoms with Gasteiger partial charge in [0.25, 0.3) is 0 Å². The van der Waals surface area contributed by atoms with Gasteiger partial charge in [0.15, 0.2) is 0 Å². The van der Waals surface area contributed by atoms with Crippen LogP contribution in [-0.2, 0) is 10.0 Å². The smallest absolute Gasteiger partial charge is 0.207 e. The van der Waals surface area contributed by atoms with Crippen molar-refractivity contribution in [3.05, 3.63) is 29.8 Å². The first-order valence-electron chi connectivity index (χ1n) is 4.94. The second kappa shape index (κ2) is 5.10. The lowest BCUT2D eigenvalue weighted by Crippen LogP contribution is -2.23. The molecule has 4 nitrogen and oxygen atoms in total. The topological polar surface area (TPSA) is 70.0 Å². The number of benzene rings is 1. The second-order valence-electron chi connectivity index (χ2n) is 3.71. The second-order valence-corrected chi connectivity index (χ2v) is 5.47. The Kier molecular flexibility index (Phi) is 4.05. The molecular weight excluding hydrogens is 224 g/mol. The van der Waals surface area contributed by atoms with Crippen LogP contribution in [0.4, 0.5) is 0 Å². The molecule has 0 bridgehead atoms. The molecule has 1 aromatic carbocycles. The van der Waals surface area contributed by atoms with Gasteiger partial charge in [-0.1, -0.05) is 26.0 Å². The van der Waals surface area contributed by atoms with E-state index < -0.39 is 10.0 Å². The fourth-order valence-corrected chi connectivity index (χ4v) is 2.16. The maximum absolute atomic E-state index is 11.6. The zero-order valence-electron chi connectivity index (χ0n) is 9.27. The fourth-order valence-electron chi connectivity index (χ4n) is 1.24. The third-order valence-corrected chi connectivity index (χ3v) is 3.62. The molecule has 1 aromatic rings. The minimum Gasteiger partial charge on any atom is -0.207 e. The van der Waals surface area contributed by atoms with Gasteiger partial charge in [0, 0.05) is 0 Å². The molecular formula is C11H14N2O2S. The van der Waals surface area contributed by atoms with Gasteiger partial charge < -0.3 is 0 Å². The molecule has 0 aliphatic rings. The highest BCUT2D eigenvalue weighted by atomic mass is 32.2. The molecule has 1 N–H and O–H groups in total. The summed E-state index contributed by atoms with van der Waals surface area (Å²) in [7, 11) is -3.54. The normalized spacial score (nSPS) is 11.4. The number of nitriles is 1. The molecule has 0 amide bonds. The lowest BCUT2D eigenvalue weighted by atomic mass is 10.0. The van der Waals surface area contributed by atoms with Gasteiger partial charge in [-0.2, -0.15) is 9.98 Å². The molecule has 0 atom stereocenters. The Balaban J connectivity index is 2.94. The van der Waals surface area contributed by atoms with Crippen molar-refractivity contribution in [2.24, 2.45) is 0 Å². The van der Waals surface area contributed by atoms with Gasteiger partial charge in [-0.15, -0.1) is 0 Å². The third kappa shape index (κ3) is 3.05. The summed E-state index contributed by atoms with van der Waals surface area (Å²) in [5.41, 5.74) is 1.08. The zero-order chi connectivity index (χ0) is 12.2. The molecule has 0 heterocycles. The van der Waals surface area contributed by atoms with Crippen LogP contribution in [0.3, 0.4) is 0 Å². The molecule has 0 saturated heterocycles. The quantitative estimate of drug-likeness (QED) is 0.810. The molecule has 0 spiro atoms. The van der Waals surface area contributed by atoms with E-state index in [0.717, 1.165) is 5.56 Å². The molecule has 16 heavy (non-hydrogen) atoms. The minimum atomic E-state index is -3.54. The number of nitrogens with zero attached hydrogens (tertiary/aromatic N) is 1. The molecule has 0 saturated carbocycles. The van der Waals surface area contributed by atoms with Crippen LogP contribution in [0.5, 0.6) is 0 Å². The van der Waals surface area contributed by atoms with Gasteiger partial charge in [0.1, 0.15) is 0 Å². The first-order valence-corrected chi connectivity index (χ1v) is 6.42. The Morgan fingerprint density at radius 3 is 2.31 bits per heavy atom. The summed E-state index contributed by atoms with van der Waals surface area (Å²) in [6, 6.07) is 8.40. The Labute approximate surface area is 96.0 Å². The van der Waals surface area contributed by atoms with E-state index in [4.69, 9.17) is 5.26 Å². The lowest BCUT2D eigenvalue weighted by Gasteiger charge is -2.07. The molecule has 0 aliphatic heterocycles. The van der Waals surface area contributed by atoms with Crippen molar-refractivity contribution in [1.29, 1.82) is 5.26 Å². The number of hydrogen-bond donors (Lipinski definition) is 1. The maximum atomic E-state index is 11.6. The molecule has 0 aliphatic carbocycles. The number of nitrogens with one attached hydrogen (secondary N) is 1. The van der Waals surface area contributed by atoms with Crippen LogP contribution in [0.25, 0.3) is 0 Å². The predicted molar refractivity (Wildman–Crippen MR) is 61.3 cm³/mol. The molecule has 0 radical (unpaired) electrons. The highest BCUT2D eigenvalue weighted by molar-refractivity contribution is 7.89. The van der Waals surface area contributed by atoms with Crippen molar-refractivity contribution in [2.45, 2.75) is 24.7 Å². The van der Waals surface area contributed by atoms with E-state index in [9.17, 15) is 8.42 Å². The van der Waals surface area contributed by atoms with Gasteiger partial charge in [0.2, 0.25) is 10.0 Å². The van der Waals surface area contributed by atoms with Crippen LogP contribution in [-0.4, -0.2) is 15.0 Å². The highest BCUT2D eigenvalue weighted by Gasteiger charge is 2.12. The average Bonchev–Trinajstić information content (AvgIpc) is 2.26. The summed E-state index contributed by atoms with van der Waals surface area (Å²) < 4.78 is 25.4. The molecule has 0 fully saturated rings. The Morgan fingerprint density at radius 1 is 1.31 bits per heavy atom. The maximum Gasteiger partial charge on any atom is 0.241 e. The lowest BCUT2D eigenvalue weighted by molar-refractivity contribution is 0.586. The van der Waals surface area contributed by atoms with Crippen LogP contribution in [0.2, 0.25) is 0 Å². The predicted octanol–water partition coefficient (Wildman–Crippen LogP) is 1.61. The fraction of sp³-hybridized carbons (Fsp3) is 0.364. The van der Waals surface area contributed by atoms with Crippen LogP contribution in [0.15, 0.2) is 29.2 Å². The van der Waals surface area contributed by atoms with Crippen molar-refractivity contribution in [2.75, 3.05) is 6.54 Å². The average molecular weight is 238 g/mol. The highest BCUT2D eigenvalue weighted by Crippen LogP contribution is 2.16. The van der Waals surface area contributed by atoms with E-state index in [0.29, 0.717) is 5.92 Å². The Bertz CT molecular complexity index is 484. The summed E-state index contributed by atoms with van der Waals surface area (Å²) >= 11 is 0. The van der Waals surface area contributed by atoms with E-state index in [-0.39, 0.29) is 11.4 Å². The Morgan fingerprint density at radius 2 is 1.88 bits per heavy atom. The monoisotopic (exact) mass is 238 g/mol. The van der Waals surface area contributed by atoms with Gasteiger partial charge in [-0.05, 0) is 23.6 Å². The van der Waals surface area contributed by atoms with Crippen LogP contribution in [0, 0.1) is 11.3 Å². The number of sulfonamides is 1. The van der Waals surface area contributed by atoms with E-state index in [1.807, 2.05) is 13.8 Å². The first kappa shape index (κ1) is 12.7. The molecule has 0 unspecified atom stereocenters. The standard InChI is InChI=1S/C11H14N2O2S/c1-9(2)10-3-5-11(6-4-10)16(14,15)13-8-7-12/h3-6,9,13H,8H2,1-2H3. The van der Waals surface area contributed by atoms with Crippen molar-refractivity contribution < 1.29 is 8.42 Å². The summed E-state index contributed by atoms with van der Waals surface area (Å²) in [5, 5.41) is 8.32. The van der Waals surface area contributed by atoms with E-state index in [2.05, 4.69) is 4.72 Å². The number of rotatable bonds is 4. The SMILES string of the molecule is CC(C)c1ccc(S(=O)(=O)NCC#N)cc1. The third-order valence-electron chi connectivity index (χ3n) is 2.20. The molecule has 0 aromatic heterocycles. The van der Waals surface area contributed by atoms with Crippen molar-refractivity contribution >= 4 is 10.0 Å². The van der Waals surface area contributed by atoms with Crippen molar-refractivity contribution in [3.8, 4) is 6.07 Å². The largest absolute Gasteiger partial charge is 0.241 e. The summed E-state index contributed by atoms with van der Waals surface area (Å²) in [6.45, 7) is 3.86. The minimum absolute atomic E-state index is 0.187. The van der Waals surface area contributed by atoms with Crippen molar-refractivity contribution in [3.63, 3.8) is 0 Å². The van der Waals surface area contributed by atoms with Gasteiger partial charge in [-0.3, -0.25) is 0 Å². The van der Waals surface area contributed by atoms with E-state index in [1.165, 1.54) is 0 Å². The van der Waals surface area contributed by atoms with Crippen LogP contribution in [0.1, 0.15) is 25.3 Å². The molecule has 1 rings (SSSR count). The molecule has 5 heteroatoms. The van der Waals surface area contributed by atoms with Crippen molar-refractivity contribution in [1.82, 2.24) is 4.72 Å². The van der Waals surface area contributed by atoms with Gasteiger partial charge >= 0.3 is 0 Å².